The average Bonchev–Trinajstić information content (AvgIpc) is 2.97. The van der Waals surface area contributed by atoms with Gasteiger partial charge < -0.3 is 4.57 Å². The molecule has 2 aromatic carbocycles. The first-order valence-corrected chi connectivity index (χ1v) is 9.20. The van der Waals surface area contributed by atoms with E-state index in [0.29, 0.717) is 24.2 Å². The first kappa shape index (κ1) is 17.2. The first-order chi connectivity index (χ1) is 12.2. The van der Waals surface area contributed by atoms with E-state index in [2.05, 4.69) is 36.0 Å². The van der Waals surface area contributed by atoms with Crippen molar-refractivity contribution >= 4 is 27.5 Å². The summed E-state index contributed by atoms with van der Waals surface area (Å²) in [6, 6.07) is 16.3. The molecular weight excluding hydrogens is 328 g/mol. The van der Waals surface area contributed by atoms with Crippen LogP contribution in [-0.4, -0.2) is 10.5 Å². The summed E-state index contributed by atoms with van der Waals surface area (Å²) in [5.41, 5.74) is 3.45. The van der Waals surface area contributed by atoms with Crippen molar-refractivity contribution in [3.63, 3.8) is 0 Å². The van der Waals surface area contributed by atoms with Gasteiger partial charge in [-0.05, 0) is 36.1 Å². The van der Waals surface area contributed by atoms with Gasteiger partial charge in [0.1, 0.15) is 0 Å². The summed E-state index contributed by atoms with van der Waals surface area (Å²) in [7, 11) is 0. The lowest BCUT2D eigenvalue weighted by Crippen LogP contribution is -2.16. The first-order valence-electron chi connectivity index (χ1n) is 8.38. The van der Waals surface area contributed by atoms with Gasteiger partial charge in [0.2, 0.25) is 5.91 Å². The van der Waals surface area contributed by atoms with Crippen LogP contribution in [0.2, 0.25) is 0 Å². The molecule has 0 spiro atoms. The molecule has 0 radical (unpaired) electrons. The molecule has 0 atom stereocenters. The second kappa shape index (κ2) is 7.96. The van der Waals surface area contributed by atoms with Crippen LogP contribution in [0.15, 0.2) is 53.5 Å². The van der Waals surface area contributed by atoms with Crippen LogP contribution in [0, 0.1) is 12.3 Å². The molecule has 0 aliphatic heterocycles. The van der Waals surface area contributed by atoms with E-state index in [1.54, 1.807) is 0 Å². The Hall–Kier alpha value is -2.64. The van der Waals surface area contributed by atoms with E-state index in [4.69, 9.17) is 6.42 Å². The number of rotatable bonds is 5. The van der Waals surface area contributed by atoms with Gasteiger partial charge in [-0.3, -0.25) is 4.79 Å². The monoisotopic (exact) mass is 348 g/mol. The van der Waals surface area contributed by atoms with Crippen LogP contribution >= 0.6 is 11.3 Å². The minimum absolute atomic E-state index is 0.114. The van der Waals surface area contributed by atoms with Crippen molar-refractivity contribution in [1.29, 1.82) is 0 Å². The van der Waals surface area contributed by atoms with Crippen molar-refractivity contribution < 1.29 is 4.79 Å². The van der Waals surface area contributed by atoms with Gasteiger partial charge in [0, 0.05) is 6.42 Å². The number of fused-ring (bicyclic) bond motifs is 1. The Bertz CT molecular complexity index is 990. The lowest BCUT2D eigenvalue weighted by molar-refractivity contribution is -0.118. The van der Waals surface area contributed by atoms with Crippen molar-refractivity contribution in [2.75, 3.05) is 0 Å². The molecule has 0 aliphatic rings. The van der Waals surface area contributed by atoms with Crippen molar-refractivity contribution in [3.8, 4) is 12.3 Å². The van der Waals surface area contributed by atoms with Gasteiger partial charge in [-0.15, -0.1) is 6.42 Å². The second-order valence-corrected chi connectivity index (χ2v) is 6.83. The molecule has 4 heteroatoms. The Morgan fingerprint density at radius 3 is 2.72 bits per heavy atom. The molecule has 25 heavy (non-hydrogen) atoms. The fourth-order valence-electron chi connectivity index (χ4n) is 2.73. The van der Waals surface area contributed by atoms with Crippen LogP contribution in [0.25, 0.3) is 10.2 Å². The van der Waals surface area contributed by atoms with Crippen LogP contribution in [-0.2, 0) is 24.2 Å². The molecule has 0 saturated heterocycles. The summed E-state index contributed by atoms with van der Waals surface area (Å²) in [6.45, 7) is 2.54. The molecule has 1 heterocycles. The Labute approximate surface area is 151 Å². The van der Waals surface area contributed by atoms with Crippen LogP contribution in [0.5, 0.6) is 0 Å². The quantitative estimate of drug-likeness (QED) is 0.643. The summed E-state index contributed by atoms with van der Waals surface area (Å²) in [5, 5.41) is 0. The molecule has 0 saturated carbocycles. The molecule has 3 rings (SSSR count). The van der Waals surface area contributed by atoms with Gasteiger partial charge in [-0.25, -0.2) is 0 Å². The number of benzene rings is 2. The Morgan fingerprint density at radius 2 is 2.00 bits per heavy atom. The molecule has 0 aliphatic carbocycles. The minimum atomic E-state index is -0.114. The van der Waals surface area contributed by atoms with E-state index in [1.165, 1.54) is 16.9 Å². The third kappa shape index (κ3) is 4.07. The van der Waals surface area contributed by atoms with Crippen molar-refractivity contribution in [3.05, 3.63) is 64.5 Å². The fourth-order valence-corrected chi connectivity index (χ4v) is 3.84. The van der Waals surface area contributed by atoms with Crippen LogP contribution in [0.4, 0.5) is 0 Å². The fraction of sp³-hybridized carbons (Fsp3) is 0.238. The number of hydrogen-bond acceptors (Lipinski definition) is 2. The van der Waals surface area contributed by atoms with E-state index in [0.717, 1.165) is 22.2 Å². The third-order valence-corrected chi connectivity index (χ3v) is 5.14. The van der Waals surface area contributed by atoms with E-state index in [9.17, 15) is 4.79 Å². The van der Waals surface area contributed by atoms with E-state index in [1.807, 2.05) is 34.9 Å². The molecule has 0 bridgehead atoms. The smallest absolute Gasteiger partial charge is 0.248 e. The van der Waals surface area contributed by atoms with Crippen LogP contribution in [0.3, 0.4) is 0 Å². The number of terminal acetylenes is 1. The standard InChI is InChI=1S/C21H20N2OS/c1-3-14-23-18-12-10-16(4-2)15-19(18)25-21(23)22-20(24)13-11-17-8-6-5-7-9-17/h1,5-10,12,15H,4,11,13-14H2,2H3. The third-order valence-electron chi connectivity index (χ3n) is 4.10. The zero-order valence-electron chi connectivity index (χ0n) is 14.2. The number of amides is 1. The maximum Gasteiger partial charge on any atom is 0.248 e. The van der Waals surface area contributed by atoms with E-state index in [-0.39, 0.29) is 5.91 Å². The number of aromatic nitrogens is 1. The van der Waals surface area contributed by atoms with Crippen LogP contribution < -0.4 is 4.80 Å². The summed E-state index contributed by atoms with van der Waals surface area (Å²) in [4.78, 5) is 17.3. The molecule has 0 N–H and O–H groups in total. The molecule has 3 aromatic rings. The number of hydrogen-bond donors (Lipinski definition) is 0. The van der Waals surface area contributed by atoms with Gasteiger partial charge >= 0.3 is 0 Å². The summed E-state index contributed by atoms with van der Waals surface area (Å²) in [5.74, 6) is 2.55. The highest BCUT2D eigenvalue weighted by Gasteiger charge is 2.08. The lowest BCUT2D eigenvalue weighted by atomic mass is 10.1. The molecule has 0 fully saturated rings. The Kier molecular flexibility index (Phi) is 5.47. The maximum atomic E-state index is 12.3. The van der Waals surface area contributed by atoms with Gasteiger partial charge in [0.05, 0.1) is 16.8 Å². The van der Waals surface area contributed by atoms with Crippen molar-refractivity contribution in [2.24, 2.45) is 4.99 Å². The zero-order chi connectivity index (χ0) is 17.6. The zero-order valence-corrected chi connectivity index (χ0v) is 15.1. The topological polar surface area (TPSA) is 34.4 Å². The lowest BCUT2D eigenvalue weighted by Gasteiger charge is -2.01. The maximum absolute atomic E-state index is 12.3. The normalized spacial score (nSPS) is 11.6. The largest absolute Gasteiger partial charge is 0.305 e. The van der Waals surface area contributed by atoms with Crippen molar-refractivity contribution in [2.45, 2.75) is 32.7 Å². The second-order valence-electron chi connectivity index (χ2n) is 5.82. The van der Waals surface area contributed by atoms with Crippen LogP contribution in [0.1, 0.15) is 24.5 Å². The van der Waals surface area contributed by atoms with Gasteiger partial charge in [0.15, 0.2) is 4.80 Å². The summed E-state index contributed by atoms with van der Waals surface area (Å²) >= 11 is 1.52. The summed E-state index contributed by atoms with van der Waals surface area (Å²) in [6.07, 6.45) is 7.58. The van der Waals surface area contributed by atoms with E-state index < -0.39 is 0 Å². The Balaban J connectivity index is 1.90. The number of carbonyl (C=O) groups excluding carboxylic acids is 1. The molecule has 3 nitrogen and oxygen atoms in total. The van der Waals surface area contributed by atoms with Gasteiger partial charge in [-0.1, -0.05) is 60.6 Å². The minimum Gasteiger partial charge on any atom is -0.305 e. The molecule has 126 valence electrons. The number of nitrogens with zero attached hydrogens (tertiary/aromatic N) is 2. The number of carbonyl (C=O) groups is 1. The highest BCUT2D eigenvalue weighted by molar-refractivity contribution is 7.16. The van der Waals surface area contributed by atoms with Gasteiger partial charge in [-0.2, -0.15) is 4.99 Å². The molecular formula is C21H20N2OS. The predicted molar refractivity (Wildman–Crippen MR) is 103 cm³/mol. The number of thiazole rings is 1. The highest BCUT2D eigenvalue weighted by Crippen LogP contribution is 2.19. The highest BCUT2D eigenvalue weighted by atomic mass is 32.1. The molecule has 0 unspecified atom stereocenters. The SMILES string of the molecule is C#CCn1c(=NC(=O)CCc2ccccc2)sc2cc(CC)ccc21. The Morgan fingerprint density at radius 1 is 1.20 bits per heavy atom. The predicted octanol–water partition coefficient (Wildman–Crippen LogP) is 3.96. The number of aryl methyl sites for hydroxylation is 2. The van der Waals surface area contributed by atoms with E-state index >= 15 is 0 Å². The summed E-state index contributed by atoms with van der Waals surface area (Å²) < 4.78 is 3.06. The molecule has 1 aromatic heterocycles. The van der Waals surface area contributed by atoms with Gasteiger partial charge in [0.25, 0.3) is 0 Å². The average molecular weight is 348 g/mol. The molecule has 1 amide bonds. The van der Waals surface area contributed by atoms with Crippen molar-refractivity contribution in [1.82, 2.24) is 4.57 Å².